The summed E-state index contributed by atoms with van der Waals surface area (Å²) < 4.78 is 25.0. The van der Waals surface area contributed by atoms with Gasteiger partial charge in [0.2, 0.25) is 0 Å². The quantitative estimate of drug-likeness (QED) is 0.746. The summed E-state index contributed by atoms with van der Waals surface area (Å²) in [6.07, 6.45) is 1.19. The monoisotopic (exact) mass is 247 g/mol. The van der Waals surface area contributed by atoms with Crippen molar-refractivity contribution < 1.29 is 8.42 Å². The third-order valence-corrected chi connectivity index (χ3v) is 3.86. The summed E-state index contributed by atoms with van der Waals surface area (Å²) in [5.41, 5.74) is 6.53. The lowest BCUT2D eigenvalue weighted by molar-refractivity contribution is 0.580. The van der Waals surface area contributed by atoms with Crippen LogP contribution < -0.4 is 11.2 Å². The molecule has 0 bridgehead atoms. The molecule has 0 aliphatic carbocycles. The van der Waals surface area contributed by atoms with E-state index in [0.29, 0.717) is 0 Å². The standard InChI is InChI=1S/C10H10BN3O2S/c1-7-2-4-8(5-3-7)17(15,16)14-6-9(11)10(12)13-14/h2-6H,1H3,(H2,12,13). The molecule has 0 unspecified atom stereocenters. The number of anilines is 1. The normalized spacial score (nSPS) is 11.6. The van der Waals surface area contributed by atoms with Gasteiger partial charge in [-0.1, -0.05) is 17.7 Å². The maximum absolute atomic E-state index is 12.1. The molecule has 1 aromatic heterocycles. The molecule has 0 atom stereocenters. The summed E-state index contributed by atoms with van der Waals surface area (Å²) in [4.78, 5) is 0.144. The fourth-order valence-corrected chi connectivity index (χ4v) is 2.46. The minimum atomic E-state index is -3.71. The largest absolute Gasteiger partial charge is 0.383 e. The van der Waals surface area contributed by atoms with Crippen molar-refractivity contribution in [2.24, 2.45) is 0 Å². The Kier molecular flexibility index (Phi) is 2.70. The van der Waals surface area contributed by atoms with Gasteiger partial charge in [0, 0.05) is 6.20 Å². The summed E-state index contributed by atoms with van der Waals surface area (Å²) in [5.74, 6) is 0.000636. The molecule has 1 heterocycles. The zero-order chi connectivity index (χ0) is 12.6. The van der Waals surface area contributed by atoms with Gasteiger partial charge in [-0.2, -0.15) is 12.5 Å². The van der Waals surface area contributed by atoms with E-state index in [0.717, 1.165) is 9.65 Å². The SMILES string of the molecule is [B]c1cn(S(=O)(=O)c2ccc(C)cc2)nc1N. The second kappa shape index (κ2) is 3.92. The first kappa shape index (κ1) is 11.7. The molecule has 0 aliphatic rings. The summed E-state index contributed by atoms with van der Waals surface area (Å²) in [6, 6.07) is 6.45. The Morgan fingerprint density at radius 1 is 1.29 bits per heavy atom. The molecule has 0 fully saturated rings. The Bertz CT molecular complexity index is 627. The third-order valence-electron chi connectivity index (χ3n) is 2.32. The zero-order valence-electron chi connectivity index (χ0n) is 9.16. The molecule has 2 radical (unpaired) electrons. The van der Waals surface area contributed by atoms with Crippen LogP contribution in [-0.4, -0.2) is 25.4 Å². The first-order valence-electron chi connectivity index (χ1n) is 4.84. The van der Waals surface area contributed by atoms with Crippen LogP contribution >= 0.6 is 0 Å². The van der Waals surface area contributed by atoms with E-state index < -0.39 is 10.0 Å². The van der Waals surface area contributed by atoms with E-state index in [1.54, 1.807) is 12.1 Å². The zero-order valence-corrected chi connectivity index (χ0v) is 9.98. The third kappa shape index (κ3) is 2.05. The number of benzene rings is 1. The number of hydrogen-bond acceptors (Lipinski definition) is 4. The van der Waals surface area contributed by atoms with Crippen LogP contribution in [0, 0.1) is 6.92 Å². The lowest BCUT2D eigenvalue weighted by atomic mass is 10.0. The van der Waals surface area contributed by atoms with Crippen LogP contribution in [0.4, 0.5) is 5.82 Å². The number of nitrogen functional groups attached to an aromatic ring is 1. The van der Waals surface area contributed by atoms with Gasteiger partial charge in [0.1, 0.15) is 13.7 Å². The molecule has 0 amide bonds. The van der Waals surface area contributed by atoms with Crippen molar-refractivity contribution in [1.82, 2.24) is 9.19 Å². The van der Waals surface area contributed by atoms with Crippen LogP contribution in [0.1, 0.15) is 5.56 Å². The summed E-state index contributed by atoms with van der Waals surface area (Å²) in [5, 5.41) is 3.66. The highest BCUT2D eigenvalue weighted by Crippen LogP contribution is 2.13. The topological polar surface area (TPSA) is 78.0 Å². The van der Waals surface area contributed by atoms with Gasteiger partial charge in [-0.3, -0.25) is 0 Å². The molecule has 1 aromatic carbocycles. The molecule has 17 heavy (non-hydrogen) atoms. The van der Waals surface area contributed by atoms with E-state index in [4.69, 9.17) is 13.6 Å². The second-order valence-corrected chi connectivity index (χ2v) is 5.46. The number of aromatic nitrogens is 2. The van der Waals surface area contributed by atoms with Crippen molar-refractivity contribution in [1.29, 1.82) is 0 Å². The Morgan fingerprint density at radius 3 is 2.35 bits per heavy atom. The van der Waals surface area contributed by atoms with Crippen LogP contribution in [0.3, 0.4) is 0 Å². The molecular weight excluding hydrogens is 237 g/mol. The molecule has 0 aliphatic heterocycles. The summed E-state index contributed by atoms with van der Waals surface area (Å²) in [6.45, 7) is 1.88. The van der Waals surface area contributed by atoms with Crippen molar-refractivity contribution in [3.8, 4) is 0 Å². The van der Waals surface area contributed by atoms with E-state index in [1.165, 1.54) is 18.3 Å². The maximum Gasteiger partial charge on any atom is 0.282 e. The minimum Gasteiger partial charge on any atom is -0.383 e. The lowest BCUT2D eigenvalue weighted by Gasteiger charge is -2.04. The maximum atomic E-state index is 12.1. The first-order valence-corrected chi connectivity index (χ1v) is 6.28. The Hall–Kier alpha value is -1.76. The van der Waals surface area contributed by atoms with Crippen molar-refractivity contribution in [2.75, 3.05) is 5.73 Å². The molecule has 7 heteroatoms. The molecule has 5 nitrogen and oxygen atoms in total. The van der Waals surface area contributed by atoms with Crippen LogP contribution in [0.5, 0.6) is 0 Å². The predicted octanol–water partition coefficient (Wildman–Crippen LogP) is -0.195. The Morgan fingerprint density at radius 2 is 1.88 bits per heavy atom. The number of hydrogen-bond donors (Lipinski definition) is 1. The molecule has 86 valence electrons. The molecule has 2 rings (SSSR count). The summed E-state index contributed by atoms with van der Waals surface area (Å²) in [7, 11) is 1.75. The highest BCUT2D eigenvalue weighted by molar-refractivity contribution is 7.89. The molecular formula is C10H10BN3O2S. The molecule has 0 spiro atoms. The van der Waals surface area contributed by atoms with Gasteiger partial charge in [-0.05, 0) is 24.5 Å². The van der Waals surface area contributed by atoms with Crippen molar-refractivity contribution >= 4 is 29.2 Å². The number of nitrogens with zero attached hydrogens (tertiary/aromatic N) is 2. The van der Waals surface area contributed by atoms with Crippen molar-refractivity contribution in [3.05, 3.63) is 36.0 Å². The number of aryl methyl sites for hydroxylation is 1. The lowest BCUT2D eigenvalue weighted by Crippen LogP contribution is -2.14. The predicted molar refractivity (Wildman–Crippen MR) is 65.8 cm³/mol. The highest BCUT2D eigenvalue weighted by Gasteiger charge is 2.18. The molecule has 0 saturated carbocycles. The van der Waals surface area contributed by atoms with Gasteiger partial charge in [-0.25, -0.2) is 0 Å². The van der Waals surface area contributed by atoms with E-state index in [-0.39, 0.29) is 16.2 Å². The number of nitrogens with two attached hydrogens (primary N) is 1. The van der Waals surface area contributed by atoms with E-state index in [9.17, 15) is 8.42 Å². The molecule has 0 saturated heterocycles. The van der Waals surface area contributed by atoms with Crippen LogP contribution in [-0.2, 0) is 10.0 Å². The Balaban J connectivity index is 2.53. The van der Waals surface area contributed by atoms with Gasteiger partial charge in [-0.15, -0.1) is 5.10 Å². The van der Waals surface area contributed by atoms with Crippen LogP contribution in [0.2, 0.25) is 0 Å². The van der Waals surface area contributed by atoms with Crippen molar-refractivity contribution in [3.63, 3.8) is 0 Å². The van der Waals surface area contributed by atoms with Crippen LogP contribution in [0.25, 0.3) is 0 Å². The van der Waals surface area contributed by atoms with Crippen molar-refractivity contribution in [2.45, 2.75) is 11.8 Å². The molecule has 2 N–H and O–H groups in total. The highest BCUT2D eigenvalue weighted by atomic mass is 32.2. The smallest absolute Gasteiger partial charge is 0.282 e. The van der Waals surface area contributed by atoms with Gasteiger partial charge >= 0.3 is 0 Å². The van der Waals surface area contributed by atoms with Gasteiger partial charge in [0.05, 0.1) is 4.90 Å². The fourth-order valence-electron chi connectivity index (χ4n) is 1.32. The van der Waals surface area contributed by atoms with Gasteiger partial charge < -0.3 is 5.73 Å². The average Bonchev–Trinajstić information content (AvgIpc) is 2.60. The Labute approximate surface area is 101 Å². The van der Waals surface area contributed by atoms with Gasteiger partial charge in [0.25, 0.3) is 10.0 Å². The molecule has 2 aromatic rings. The van der Waals surface area contributed by atoms with E-state index in [1.807, 2.05) is 6.92 Å². The summed E-state index contributed by atoms with van der Waals surface area (Å²) >= 11 is 0. The number of rotatable bonds is 2. The average molecular weight is 247 g/mol. The van der Waals surface area contributed by atoms with E-state index >= 15 is 0 Å². The van der Waals surface area contributed by atoms with Crippen LogP contribution in [0.15, 0.2) is 35.4 Å². The first-order chi connectivity index (χ1) is 7.91. The second-order valence-electron chi connectivity index (χ2n) is 3.66. The van der Waals surface area contributed by atoms with E-state index in [2.05, 4.69) is 5.10 Å². The fraction of sp³-hybridized carbons (Fsp3) is 0.100. The van der Waals surface area contributed by atoms with Gasteiger partial charge in [0.15, 0.2) is 0 Å². The minimum absolute atomic E-state index is 0.000636.